The zero-order valence-corrected chi connectivity index (χ0v) is 20.6. The Bertz CT molecular complexity index is 654. The number of hydrogen-bond acceptors (Lipinski definition) is 7. The van der Waals surface area contributed by atoms with Crippen LogP contribution < -0.4 is 32.7 Å². The van der Waals surface area contributed by atoms with Crippen molar-refractivity contribution >= 4 is 23.7 Å². The standard InChI is InChI=1S/C23H44N6O5/c1-15(2)14-19(29-20(30)16-10-7-13-26-16)22(32)27-17(8-3-5-11-24)21(31)28-18(23(33)34)9-4-6-12-25/h15-19,26H,3-14,24-25H2,1-2H3,(H,27,32)(H,28,31)(H,29,30)(H,33,34). The van der Waals surface area contributed by atoms with Crippen molar-refractivity contribution in [3.05, 3.63) is 0 Å². The number of carboxylic acid groups (broad SMARTS) is 1. The summed E-state index contributed by atoms with van der Waals surface area (Å²) >= 11 is 0. The number of hydrogen-bond donors (Lipinski definition) is 7. The molecule has 1 heterocycles. The van der Waals surface area contributed by atoms with Crippen LogP contribution in [0.3, 0.4) is 0 Å². The number of nitrogens with one attached hydrogen (secondary N) is 4. The molecule has 0 aliphatic carbocycles. The zero-order valence-electron chi connectivity index (χ0n) is 20.6. The summed E-state index contributed by atoms with van der Waals surface area (Å²) in [6, 6.07) is -3.10. The first-order valence-electron chi connectivity index (χ1n) is 12.5. The van der Waals surface area contributed by atoms with Gasteiger partial charge in [0.05, 0.1) is 6.04 Å². The molecular weight excluding hydrogens is 440 g/mol. The van der Waals surface area contributed by atoms with Crippen LogP contribution in [-0.2, 0) is 19.2 Å². The van der Waals surface area contributed by atoms with Gasteiger partial charge in [-0.1, -0.05) is 13.8 Å². The first-order chi connectivity index (χ1) is 16.2. The molecule has 11 nitrogen and oxygen atoms in total. The molecule has 9 N–H and O–H groups in total. The van der Waals surface area contributed by atoms with Crippen LogP contribution in [0.5, 0.6) is 0 Å². The lowest BCUT2D eigenvalue weighted by atomic mass is 10.0. The smallest absolute Gasteiger partial charge is 0.326 e. The molecule has 4 unspecified atom stereocenters. The van der Waals surface area contributed by atoms with Crippen molar-refractivity contribution in [1.82, 2.24) is 21.3 Å². The maximum absolute atomic E-state index is 13.1. The van der Waals surface area contributed by atoms with Gasteiger partial charge in [-0.15, -0.1) is 0 Å². The van der Waals surface area contributed by atoms with Crippen LogP contribution >= 0.6 is 0 Å². The highest BCUT2D eigenvalue weighted by molar-refractivity contribution is 5.94. The van der Waals surface area contributed by atoms with Gasteiger partial charge in [0, 0.05) is 0 Å². The Morgan fingerprint density at radius 1 is 0.882 bits per heavy atom. The first-order valence-corrected chi connectivity index (χ1v) is 12.5. The maximum atomic E-state index is 13.1. The van der Waals surface area contributed by atoms with Crippen LogP contribution in [0, 0.1) is 5.92 Å². The summed E-state index contributed by atoms with van der Waals surface area (Å²) in [5.74, 6) is -2.24. The monoisotopic (exact) mass is 484 g/mol. The first kappa shape index (κ1) is 29.8. The lowest BCUT2D eigenvalue weighted by molar-refractivity contribution is -0.142. The molecule has 0 bridgehead atoms. The number of aliphatic carboxylic acids is 1. The van der Waals surface area contributed by atoms with Crippen molar-refractivity contribution in [3.8, 4) is 0 Å². The molecule has 0 radical (unpaired) electrons. The summed E-state index contributed by atoms with van der Waals surface area (Å²) in [7, 11) is 0. The second kappa shape index (κ2) is 16.4. The molecule has 3 amide bonds. The van der Waals surface area contributed by atoms with Gasteiger partial charge >= 0.3 is 5.97 Å². The number of carboxylic acids is 1. The van der Waals surface area contributed by atoms with E-state index in [-0.39, 0.29) is 24.3 Å². The molecule has 1 rings (SSSR count). The van der Waals surface area contributed by atoms with Crippen molar-refractivity contribution in [2.24, 2.45) is 17.4 Å². The van der Waals surface area contributed by atoms with Gasteiger partial charge in [0.2, 0.25) is 17.7 Å². The van der Waals surface area contributed by atoms with E-state index in [9.17, 15) is 24.3 Å². The fourth-order valence-electron chi connectivity index (χ4n) is 3.94. The summed E-state index contributed by atoms with van der Waals surface area (Å²) in [5.41, 5.74) is 11.0. The second-order valence-corrected chi connectivity index (χ2v) is 9.37. The van der Waals surface area contributed by atoms with Crippen molar-refractivity contribution < 1.29 is 24.3 Å². The van der Waals surface area contributed by atoms with E-state index < -0.39 is 35.9 Å². The van der Waals surface area contributed by atoms with Gasteiger partial charge in [-0.2, -0.15) is 0 Å². The van der Waals surface area contributed by atoms with Crippen LogP contribution in [-0.4, -0.2) is 72.6 Å². The lowest BCUT2D eigenvalue weighted by Crippen LogP contribution is -2.57. The van der Waals surface area contributed by atoms with E-state index in [4.69, 9.17) is 11.5 Å². The molecular formula is C23H44N6O5. The van der Waals surface area contributed by atoms with Gasteiger partial charge in [0.15, 0.2) is 0 Å². The molecule has 0 aromatic carbocycles. The largest absolute Gasteiger partial charge is 0.480 e. The Morgan fingerprint density at radius 2 is 1.44 bits per heavy atom. The van der Waals surface area contributed by atoms with Crippen LogP contribution in [0.2, 0.25) is 0 Å². The van der Waals surface area contributed by atoms with Crippen LogP contribution in [0.4, 0.5) is 0 Å². The summed E-state index contributed by atoms with van der Waals surface area (Å²) in [6.07, 6.45) is 5.07. The van der Waals surface area contributed by atoms with E-state index in [1.54, 1.807) is 0 Å². The summed E-state index contributed by atoms with van der Waals surface area (Å²) in [5, 5.41) is 20.7. The van der Waals surface area contributed by atoms with Crippen molar-refractivity contribution in [1.29, 1.82) is 0 Å². The average molecular weight is 485 g/mol. The quantitative estimate of drug-likeness (QED) is 0.135. The number of nitrogens with two attached hydrogens (primary N) is 2. The lowest BCUT2D eigenvalue weighted by Gasteiger charge is -2.26. The van der Waals surface area contributed by atoms with E-state index in [0.717, 1.165) is 13.0 Å². The normalized spacial score (nSPS) is 18.2. The van der Waals surface area contributed by atoms with E-state index in [2.05, 4.69) is 21.3 Å². The fraction of sp³-hybridized carbons (Fsp3) is 0.826. The zero-order chi connectivity index (χ0) is 25.5. The maximum Gasteiger partial charge on any atom is 0.326 e. The molecule has 11 heteroatoms. The molecule has 1 aliphatic rings. The Labute approximate surface area is 202 Å². The van der Waals surface area contributed by atoms with E-state index in [0.29, 0.717) is 58.0 Å². The predicted molar refractivity (Wildman–Crippen MR) is 130 cm³/mol. The van der Waals surface area contributed by atoms with Crippen molar-refractivity contribution in [2.45, 2.75) is 95.8 Å². The third-order valence-corrected chi connectivity index (χ3v) is 5.86. The van der Waals surface area contributed by atoms with Crippen molar-refractivity contribution in [2.75, 3.05) is 19.6 Å². The Kier molecular flexibility index (Phi) is 14.4. The molecule has 0 spiro atoms. The Hall–Kier alpha value is -2.24. The van der Waals surface area contributed by atoms with Gasteiger partial charge in [-0.3, -0.25) is 14.4 Å². The minimum Gasteiger partial charge on any atom is -0.480 e. The molecule has 1 saturated heterocycles. The van der Waals surface area contributed by atoms with Gasteiger partial charge in [0.1, 0.15) is 18.1 Å². The topological polar surface area (TPSA) is 189 Å². The van der Waals surface area contributed by atoms with E-state index in [1.165, 1.54) is 0 Å². The molecule has 4 atom stereocenters. The number of unbranched alkanes of at least 4 members (excludes halogenated alkanes) is 2. The minimum atomic E-state index is -1.13. The van der Waals surface area contributed by atoms with E-state index in [1.807, 2.05) is 13.8 Å². The third kappa shape index (κ3) is 11.3. The Morgan fingerprint density at radius 3 is 1.94 bits per heavy atom. The average Bonchev–Trinajstić information content (AvgIpc) is 3.32. The number of carbonyl (C=O) groups is 4. The highest BCUT2D eigenvalue weighted by atomic mass is 16.4. The Balaban J connectivity index is 2.88. The number of carbonyl (C=O) groups excluding carboxylic acids is 3. The van der Waals surface area contributed by atoms with Crippen LogP contribution in [0.15, 0.2) is 0 Å². The summed E-state index contributed by atoms with van der Waals surface area (Å²) < 4.78 is 0. The third-order valence-electron chi connectivity index (χ3n) is 5.86. The van der Waals surface area contributed by atoms with Gasteiger partial charge in [0.25, 0.3) is 0 Å². The van der Waals surface area contributed by atoms with Gasteiger partial charge < -0.3 is 37.8 Å². The minimum absolute atomic E-state index is 0.135. The summed E-state index contributed by atoms with van der Waals surface area (Å²) in [4.78, 5) is 50.3. The van der Waals surface area contributed by atoms with E-state index >= 15 is 0 Å². The van der Waals surface area contributed by atoms with Crippen LogP contribution in [0.25, 0.3) is 0 Å². The molecule has 0 aromatic rings. The molecule has 0 saturated carbocycles. The molecule has 0 aromatic heterocycles. The van der Waals surface area contributed by atoms with Crippen molar-refractivity contribution in [3.63, 3.8) is 0 Å². The molecule has 196 valence electrons. The highest BCUT2D eigenvalue weighted by Gasteiger charge is 2.31. The number of amides is 3. The van der Waals surface area contributed by atoms with Crippen LogP contribution in [0.1, 0.15) is 71.6 Å². The predicted octanol–water partition coefficient (Wildman–Crippen LogP) is -0.418. The SMILES string of the molecule is CC(C)CC(NC(=O)C1CCCN1)C(=O)NC(CCCCN)C(=O)NC(CCCCN)C(=O)O. The van der Waals surface area contributed by atoms with Gasteiger partial charge in [-0.25, -0.2) is 4.79 Å². The molecule has 34 heavy (non-hydrogen) atoms. The summed E-state index contributed by atoms with van der Waals surface area (Å²) in [6.45, 7) is 5.55. The van der Waals surface area contributed by atoms with Gasteiger partial charge in [-0.05, 0) is 83.3 Å². The molecule has 1 aliphatic heterocycles. The number of rotatable bonds is 17. The highest BCUT2D eigenvalue weighted by Crippen LogP contribution is 2.11. The fourth-order valence-corrected chi connectivity index (χ4v) is 3.94. The second-order valence-electron chi connectivity index (χ2n) is 9.37. The molecule has 1 fully saturated rings.